The number of aryl methyl sites for hydroxylation is 2. The number of amides is 2. The molecule has 0 unspecified atom stereocenters. The van der Waals surface area contributed by atoms with Crippen LogP contribution in [-0.2, 0) is 0 Å². The van der Waals surface area contributed by atoms with Crippen molar-refractivity contribution >= 4 is 28.9 Å². The molecule has 7 nitrogen and oxygen atoms in total. The van der Waals surface area contributed by atoms with Gasteiger partial charge in [-0.2, -0.15) is 0 Å². The summed E-state index contributed by atoms with van der Waals surface area (Å²) in [6, 6.07) is 13.0. The Hall–Kier alpha value is -4.07. The van der Waals surface area contributed by atoms with Crippen LogP contribution in [0.25, 0.3) is 0 Å². The first-order valence-corrected chi connectivity index (χ1v) is 10.7. The van der Waals surface area contributed by atoms with Crippen LogP contribution in [0.2, 0.25) is 0 Å². The monoisotopic (exact) mass is 463 g/mol. The van der Waals surface area contributed by atoms with Gasteiger partial charge in [0.05, 0.1) is 4.92 Å². The van der Waals surface area contributed by atoms with Crippen LogP contribution < -0.4 is 10.2 Å². The van der Waals surface area contributed by atoms with Gasteiger partial charge in [-0.15, -0.1) is 0 Å². The number of rotatable bonds is 6. The Labute approximate surface area is 197 Å². The lowest BCUT2D eigenvalue weighted by molar-refractivity contribution is -0.384. The molecule has 2 amide bonds. The summed E-state index contributed by atoms with van der Waals surface area (Å²) < 4.78 is 13.2. The quantitative estimate of drug-likeness (QED) is 0.358. The molecule has 0 fully saturated rings. The van der Waals surface area contributed by atoms with Crippen molar-refractivity contribution in [3.05, 3.63) is 98.3 Å². The lowest BCUT2D eigenvalue weighted by Gasteiger charge is -2.19. The van der Waals surface area contributed by atoms with Crippen LogP contribution in [0.5, 0.6) is 0 Å². The maximum absolute atomic E-state index is 13.2. The highest BCUT2D eigenvalue weighted by molar-refractivity contribution is 6.12. The van der Waals surface area contributed by atoms with Crippen molar-refractivity contribution in [2.45, 2.75) is 33.6 Å². The van der Waals surface area contributed by atoms with Crippen molar-refractivity contribution in [3.63, 3.8) is 0 Å². The molecule has 0 aliphatic rings. The summed E-state index contributed by atoms with van der Waals surface area (Å²) in [5.41, 5.74) is 2.85. The third kappa shape index (κ3) is 4.96. The number of nitrogens with zero attached hydrogens (tertiary/aromatic N) is 2. The van der Waals surface area contributed by atoms with E-state index in [1.165, 1.54) is 37.4 Å². The molecule has 1 N–H and O–H groups in total. The van der Waals surface area contributed by atoms with Gasteiger partial charge in [-0.1, -0.05) is 32.0 Å². The fraction of sp³-hybridized carbons (Fsp3) is 0.231. The van der Waals surface area contributed by atoms with Crippen LogP contribution in [-0.4, -0.2) is 23.8 Å². The molecule has 0 heterocycles. The average molecular weight is 464 g/mol. The van der Waals surface area contributed by atoms with Crippen LogP contribution in [0.15, 0.2) is 54.6 Å². The Morgan fingerprint density at radius 3 is 2.15 bits per heavy atom. The number of carbonyl (C=O) groups is 2. The predicted molar refractivity (Wildman–Crippen MR) is 130 cm³/mol. The van der Waals surface area contributed by atoms with Gasteiger partial charge in [0.15, 0.2) is 0 Å². The zero-order valence-corrected chi connectivity index (χ0v) is 19.7. The van der Waals surface area contributed by atoms with E-state index >= 15 is 0 Å². The SMILES string of the molecule is Cc1cc(C(C)C)cc(C)c1NC(=O)c1cccc(N(C)C(=O)c2ccc(F)cc2)c1[N+](=O)[O-]. The summed E-state index contributed by atoms with van der Waals surface area (Å²) in [7, 11) is 1.37. The Morgan fingerprint density at radius 2 is 1.62 bits per heavy atom. The highest BCUT2D eigenvalue weighted by atomic mass is 19.1. The second kappa shape index (κ2) is 9.82. The molecule has 34 heavy (non-hydrogen) atoms. The highest BCUT2D eigenvalue weighted by Crippen LogP contribution is 2.33. The number of hydrogen-bond donors (Lipinski definition) is 1. The van der Waals surface area contributed by atoms with Gasteiger partial charge in [0.1, 0.15) is 17.1 Å². The summed E-state index contributed by atoms with van der Waals surface area (Å²) in [6.45, 7) is 7.89. The summed E-state index contributed by atoms with van der Waals surface area (Å²) in [5.74, 6) is -1.42. The number of hydrogen-bond acceptors (Lipinski definition) is 4. The number of benzene rings is 3. The zero-order valence-electron chi connectivity index (χ0n) is 19.7. The van der Waals surface area contributed by atoms with Crippen molar-refractivity contribution in [2.24, 2.45) is 0 Å². The van der Waals surface area contributed by atoms with Crippen LogP contribution in [0.4, 0.5) is 21.5 Å². The van der Waals surface area contributed by atoms with Crippen LogP contribution in [0, 0.1) is 29.8 Å². The molecule has 0 spiro atoms. The second-order valence-electron chi connectivity index (χ2n) is 8.44. The Balaban J connectivity index is 1.99. The van der Waals surface area contributed by atoms with Crippen LogP contribution >= 0.6 is 0 Å². The normalized spacial score (nSPS) is 10.8. The molecular weight excluding hydrogens is 437 g/mol. The molecule has 3 rings (SSSR count). The fourth-order valence-electron chi connectivity index (χ4n) is 3.78. The van der Waals surface area contributed by atoms with Gasteiger partial charge in [-0.05, 0) is 72.9 Å². The number of nitro groups is 1. The first-order chi connectivity index (χ1) is 16.0. The van der Waals surface area contributed by atoms with Crippen LogP contribution in [0.3, 0.4) is 0 Å². The molecule has 0 saturated heterocycles. The van der Waals surface area contributed by atoms with Crippen molar-refractivity contribution in [2.75, 3.05) is 17.3 Å². The Morgan fingerprint density at radius 1 is 1.03 bits per heavy atom. The molecule has 0 atom stereocenters. The summed E-state index contributed by atoms with van der Waals surface area (Å²) in [5, 5.41) is 14.8. The van der Waals surface area contributed by atoms with E-state index in [4.69, 9.17) is 0 Å². The minimum absolute atomic E-state index is 0.0458. The zero-order chi connectivity index (χ0) is 25.2. The Kier molecular flexibility index (Phi) is 7.10. The van der Waals surface area contributed by atoms with E-state index in [2.05, 4.69) is 19.2 Å². The summed E-state index contributed by atoms with van der Waals surface area (Å²) in [4.78, 5) is 38.4. The van der Waals surface area contributed by atoms with E-state index in [0.717, 1.165) is 33.7 Å². The van der Waals surface area contributed by atoms with Gasteiger partial charge in [0, 0.05) is 18.3 Å². The molecule has 176 valence electrons. The molecule has 0 aliphatic heterocycles. The molecule has 3 aromatic rings. The van der Waals surface area contributed by atoms with E-state index in [0.29, 0.717) is 11.6 Å². The molecule has 0 aromatic heterocycles. The predicted octanol–water partition coefficient (Wildman–Crippen LogP) is 6.00. The third-order valence-corrected chi connectivity index (χ3v) is 5.66. The van der Waals surface area contributed by atoms with Crippen molar-refractivity contribution in [1.29, 1.82) is 0 Å². The number of anilines is 2. The van der Waals surface area contributed by atoms with Crippen LogP contribution in [0.1, 0.15) is 57.2 Å². The van der Waals surface area contributed by atoms with Gasteiger partial charge in [-0.25, -0.2) is 4.39 Å². The number of nitro benzene ring substituents is 1. The first-order valence-electron chi connectivity index (χ1n) is 10.7. The molecule has 8 heteroatoms. The molecule has 0 saturated carbocycles. The van der Waals surface area contributed by atoms with Gasteiger partial charge in [0.2, 0.25) is 0 Å². The number of halogens is 1. The van der Waals surface area contributed by atoms with E-state index in [9.17, 15) is 24.1 Å². The summed E-state index contributed by atoms with van der Waals surface area (Å²) >= 11 is 0. The van der Waals surface area contributed by atoms with Gasteiger partial charge >= 0.3 is 5.69 Å². The largest absolute Gasteiger partial charge is 0.321 e. The highest BCUT2D eigenvalue weighted by Gasteiger charge is 2.29. The summed E-state index contributed by atoms with van der Waals surface area (Å²) in [6.07, 6.45) is 0. The fourth-order valence-corrected chi connectivity index (χ4v) is 3.78. The van der Waals surface area contributed by atoms with Gasteiger partial charge < -0.3 is 10.2 Å². The topological polar surface area (TPSA) is 92.6 Å². The molecule has 0 aliphatic carbocycles. The molecule has 0 radical (unpaired) electrons. The van der Waals surface area contributed by atoms with Crippen molar-refractivity contribution in [3.8, 4) is 0 Å². The van der Waals surface area contributed by atoms with E-state index in [1.54, 1.807) is 0 Å². The van der Waals surface area contributed by atoms with Crippen molar-refractivity contribution in [1.82, 2.24) is 0 Å². The van der Waals surface area contributed by atoms with E-state index in [1.807, 2.05) is 26.0 Å². The number of nitrogens with one attached hydrogen (secondary N) is 1. The smallest absolute Gasteiger partial charge is 0.305 e. The maximum Gasteiger partial charge on any atom is 0.305 e. The van der Waals surface area contributed by atoms with Gasteiger partial charge in [0.25, 0.3) is 11.8 Å². The first kappa shape index (κ1) is 24.6. The van der Waals surface area contributed by atoms with E-state index < -0.39 is 28.2 Å². The standard InChI is InChI=1S/C26H26FN3O4/c1-15(2)19-13-16(3)23(17(4)14-19)28-25(31)21-7-6-8-22(24(21)30(33)34)29(5)26(32)18-9-11-20(27)12-10-18/h6-15H,1-5H3,(H,28,31). The minimum Gasteiger partial charge on any atom is -0.321 e. The lowest BCUT2D eigenvalue weighted by atomic mass is 9.96. The van der Waals surface area contributed by atoms with E-state index in [-0.39, 0.29) is 16.8 Å². The third-order valence-electron chi connectivity index (χ3n) is 5.66. The lowest BCUT2D eigenvalue weighted by Crippen LogP contribution is -2.28. The second-order valence-corrected chi connectivity index (χ2v) is 8.44. The molecular formula is C26H26FN3O4. The Bertz CT molecular complexity index is 1250. The number of carbonyl (C=O) groups excluding carboxylic acids is 2. The van der Waals surface area contributed by atoms with Gasteiger partial charge in [-0.3, -0.25) is 19.7 Å². The maximum atomic E-state index is 13.2. The minimum atomic E-state index is -0.680. The average Bonchev–Trinajstić information content (AvgIpc) is 2.80. The van der Waals surface area contributed by atoms with Crippen molar-refractivity contribution < 1.29 is 18.9 Å². The molecule has 0 bridgehead atoms. The molecule has 3 aromatic carbocycles. The number of para-hydroxylation sites is 1.